The zero-order chi connectivity index (χ0) is 19.9. The lowest BCUT2D eigenvalue weighted by atomic mass is 9.95. The lowest BCUT2D eigenvalue weighted by molar-refractivity contribution is 0.0703. The molecule has 0 spiro atoms. The molecular formula is C19H27N5O2S. The molecule has 1 amide bonds. The zero-order valence-electron chi connectivity index (χ0n) is 16.5. The zero-order valence-corrected chi connectivity index (χ0v) is 17.4. The summed E-state index contributed by atoms with van der Waals surface area (Å²) in [5.74, 6) is 1.20. The molecule has 0 bridgehead atoms. The molecule has 146 valence electrons. The number of nitrogens with one attached hydrogen (secondary N) is 2. The third kappa shape index (κ3) is 3.50. The number of piperidine rings is 1. The number of aromatic nitrogens is 4. The van der Waals surface area contributed by atoms with Gasteiger partial charge in [0.15, 0.2) is 10.6 Å². The van der Waals surface area contributed by atoms with E-state index in [9.17, 15) is 9.59 Å². The molecule has 7 nitrogen and oxygen atoms in total. The fourth-order valence-corrected chi connectivity index (χ4v) is 4.44. The van der Waals surface area contributed by atoms with Gasteiger partial charge in [0.1, 0.15) is 11.5 Å². The first kappa shape index (κ1) is 19.5. The Morgan fingerprint density at radius 2 is 1.85 bits per heavy atom. The summed E-state index contributed by atoms with van der Waals surface area (Å²) in [6.45, 7) is 10.7. The van der Waals surface area contributed by atoms with Crippen molar-refractivity contribution in [3.05, 3.63) is 33.1 Å². The lowest BCUT2D eigenvalue weighted by Gasteiger charge is -2.32. The normalized spacial score (nSPS) is 15.6. The van der Waals surface area contributed by atoms with Crippen LogP contribution < -0.4 is 0 Å². The van der Waals surface area contributed by atoms with Crippen molar-refractivity contribution in [2.45, 2.75) is 59.4 Å². The minimum Gasteiger partial charge on any atom is -0.354 e. The number of likely N-dealkylation sites (tertiary alicyclic amines) is 1. The summed E-state index contributed by atoms with van der Waals surface area (Å²) in [6.07, 6.45) is 1.69. The molecule has 0 atom stereocenters. The maximum absolute atomic E-state index is 13.0. The van der Waals surface area contributed by atoms with Gasteiger partial charge in [0, 0.05) is 36.3 Å². The molecular weight excluding hydrogens is 362 g/mol. The summed E-state index contributed by atoms with van der Waals surface area (Å²) in [4.78, 5) is 29.8. The van der Waals surface area contributed by atoms with Gasteiger partial charge in [-0.25, -0.2) is 0 Å². The molecule has 0 radical (unpaired) electrons. The number of ketones is 1. The number of nitrogens with zero attached hydrogens (tertiary/aromatic N) is 3. The van der Waals surface area contributed by atoms with Crippen LogP contribution in [0.15, 0.2) is 0 Å². The number of carbonyl (C=O) groups is 2. The first-order valence-corrected chi connectivity index (χ1v) is 9.79. The highest BCUT2D eigenvalue weighted by molar-refractivity contribution is 7.71. The Kier molecular flexibility index (Phi) is 5.37. The molecule has 1 aliphatic rings. The van der Waals surface area contributed by atoms with E-state index in [-0.39, 0.29) is 23.7 Å². The van der Waals surface area contributed by atoms with Crippen molar-refractivity contribution in [2.24, 2.45) is 0 Å². The average molecular weight is 390 g/mol. The Morgan fingerprint density at radius 3 is 2.37 bits per heavy atom. The largest absolute Gasteiger partial charge is 0.354 e. The Labute approximate surface area is 164 Å². The maximum Gasteiger partial charge on any atom is 0.270 e. The molecule has 2 aromatic rings. The molecule has 1 fully saturated rings. The van der Waals surface area contributed by atoms with Gasteiger partial charge in [-0.1, -0.05) is 0 Å². The fraction of sp³-hybridized carbons (Fsp3) is 0.579. The predicted molar refractivity (Wildman–Crippen MR) is 106 cm³/mol. The van der Waals surface area contributed by atoms with E-state index < -0.39 is 0 Å². The van der Waals surface area contributed by atoms with Gasteiger partial charge in [0.05, 0.1) is 0 Å². The van der Waals surface area contributed by atoms with Crippen LogP contribution in [0.4, 0.5) is 0 Å². The summed E-state index contributed by atoms with van der Waals surface area (Å²) in [5, 5.41) is 7.34. The van der Waals surface area contributed by atoms with E-state index in [1.54, 1.807) is 0 Å². The Balaban J connectivity index is 1.75. The molecule has 8 heteroatoms. The summed E-state index contributed by atoms with van der Waals surface area (Å²) in [6, 6.07) is 0.250. The predicted octanol–water partition coefficient (Wildman–Crippen LogP) is 3.69. The standard InChI is InChI=1S/C19H27N5O2S/c1-10(2)24-17(21-22-19(24)27)14-6-8-23(9-7-14)18(26)16-11(3)15(13(5)25)12(4)20-16/h10,14,20H,6-9H2,1-5H3,(H,22,27). The van der Waals surface area contributed by atoms with Gasteiger partial charge in [-0.3, -0.25) is 14.7 Å². The second-order valence-electron chi connectivity index (χ2n) is 7.60. The highest BCUT2D eigenvalue weighted by Crippen LogP contribution is 2.30. The quantitative estimate of drug-likeness (QED) is 0.617. The number of aromatic amines is 2. The molecule has 1 saturated heterocycles. The van der Waals surface area contributed by atoms with Gasteiger partial charge in [-0.15, -0.1) is 0 Å². The maximum atomic E-state index is 13.0. The SMILES string of the molecule is CC(=O)c1c(C)[nH]c(C(=O)N2CCC(c3n[nH]c(=S)n3C(C)C)CC2)c1C. The first-order valence-electron chi connectivity index (χ1n) is 9.38. The van der Waals surface area contributed by atoms with Crippen LogP contribution in [0, 0.1) is 18.6 Å². The van der Waals surface area contributed by atoms with Crippen LogP contribution >= 0.6 is 12.2 Å². The van der Waals surface area contributed by atoms with E-state index >= 15 is 0 Å². The van der Waals surface area contributed by atoms with E-state index in [1.165, 1.54) is 6.92 Å². The van der Waals surface area contributed by atoms with Crippen molar-refractivity contribution in [3.8, 4) is 0 Å². The summed E-state index contributed by atoms with van der Waals surface area (Å²) in [7, 11) is 0. The lowest BCUT2D eigenvalue weighted by Crippen LogP contribution is -2.39. The van der Waals surface area contributed by atoms with E-state index in [1.807, 2.05) is 18.7 Å². The van der Waals surface area contributed by atoms with Crippen LogP contribution in [-0.4, -0.2) is 49.4 Å². The fourth-order valence-electron chi connectivity index (χ4n) is 4.09. The van der Waals surface area contributed by atoms with Crippen LogP contribution in [0.5, 0.6) is 0 Å². The highest BCUT2D eigenvalue weighted by Gasteiger charge is 2.30. The number of aryl methyl sites for hydroxylation is 1. The number of amides is 1. The van der Waals surface area contributed by atoms with Gasteiger partial charge in [0.2, 0.25) is 0 Å². The number of rotatable bonds is 4. The number of hydrogen-bond acceptors (Lipinski definition) is 4. The van der Waals surface area contributed by atoms with Crippen molar-refractivity contribution in [1.29, 1.82) is 0 Å². The molecule has 0 unspecified atom stereocenters. The molecule has 0 saturated carbocycles. The topological polar surface area (TPSA) is 86.8 Å². The molecule has 0 aliphatic carbocycles. The molecule has 27 heavy (non-hydrogen) atoms. The van der Waals surface area contributed by atoms with Crippen LogP contribution in [-0.2, 0) is 0 Å². The number of hydrogen-bond donors (Lipinski definition) is 2. The molecule has 3 heterocycles. The van der Waals surface area contributed by atoms with Crippen molar-refractivity contribution in [3.63, 3.8) is 0 Å². The van der Waals surface area contributed by atoms with Gasteiger partial charge < -0.3 is 14.5 Å². The minimum atomic E-state index is -0.0377. The van der Waals surface area contributed by atoms with E-state index in [2.05, 4.69) is 33.6 Å². The Hall–Kier alpha value is -2.22. The molecule has 2 aromatic heterocycles. The smallest absolute Gasteiger partial charge is 0.270 e. The van der Waals surface area contributed by atoms with Crippen molar-refractivity contribution < 1.29 is 9.59 Å². The average Bonchev–Trinajstić information content (AvgIpc) is 3.14. The Bertz CT molecular complexity index is 929. The molecule has 2 N–H and O–H groups in total. The van der Waals surface area contributed by atoms with Crippen LogP contribution in [0.3, 0.4) is 0 Å². The van der Waals surface area contributed by atoms with Crippen molar-refractivity contribution >= 4 is 23.9 Å². The van der Waals surface area contributed by atoms with Crippen LogP contribution in [0.25, 0.3) is 0 Å². The monoisotopic (exact) mass is 389 g/mol. The highest BCUT2D eigenvalue weighted by atomic mass is 32.1. The minimum absolute atomic E-state index is 0.0181. The van der Waals surface area contributed by atoms with Crippen LogP contribution in [0.1, 0.15) is 83.5 Å². The third-order valence-electron chi connectivity index (χ3n) is 5.40. The summed E-state index contributed by atoms with van der Waals surface area (Å²) in [5.41, 5.74) is 2.65. The number of carbonyl (C=O) groups excluding carboxylic acids is 2. The van der Waals surface area contributed by atoms with Gasteiger partial charge in [-0.05, 0) is 65.2 Å². The second kappa shape index (κ2) is 7.42. The first-order chi connectivity index (χ1) is 12.7. The van der Waals surface area contributed by atoms with E-state index in [0.29, 0.717) is 29.1 Å². The molecule has 1 aliphatic heterocycles. The van der Waals surface area contributed by atoms with Crippen molar-refractivity contribution in [2.75, 3.05) is 13.1 Å². The van der Waals surface area contributed by atoms with E-state index in [4.69, 9.17) is 12.2 Å². The van der Waals surface area contributed by atoms with Crippen LogP contribution in [0.2, 0.25) is 0 Å². The number of H-pyrrole nitrogens is 2. The number of Topliss-reactive ketones (excluding diaryl/α,β-unsaturated/α-hetero) is 1. The van der Waals surface area contributed by atoms with Gasteiger partial charge >= 0.3 is 0 Å². The van der Waals surface area contributed by atoms with E-state index in [0.717, 1.165) is 29.9 Å². The molecule has 0 aromatic carbocycles. The Morgan fingerprint density at radius 1 is 1.22 bits per heavy atom. The summed E-state index contributed by atoms with van der Waals surface area (Å²) < 4.78 is 2.71. The second-order valence-corrected chi connectivity index (χ2v) is 7.99. The third-order valence-corrected chi connectivity index (χ3v) is 5.69. The van der Waals surface area contributed by atoms with Gasteiger partial charge in [-0.2, -0.15) is 5.10 Å². The van der Waals surface area contributed by atoms with Crippen molar-refractivity contribution in [1.82, 2.24) is 24.6 Å². The summed E-state index contributed by atoms with van der Waals surface area (Å²) >= 11 is 5.35. The van der Waals surface area contributed by atoms with Gasteiger partial charge in [0.25, 0.3) is 5.91 Å². The molecule has 3 rings (SSSR count).